The van der Waals surface area contributed by atoms with Crippen LogP contribution < -0.4 is 5.32 Å². The van der Waals surface area contributed by atoms with Crippen molar-refractivity contribution in [3.05, 3.63) is 21.4 Å². The minimum atomic E-state index is -3.26. The molecule has 2 rings (SSSR count). The van der Waals surface area contributed by atoms with Gasteiger partial charge in [-0.3, -0.25) is 4.79 Å². The largest absolute Gasteiger partial charge is 0.390 e. The second-order valence-corrected chi connectivity index (χ2v) is 5.95. The standard InChI is InChI=1S/C13H17F2NO2S/c14-13(15,8-17)7-16-12(18)11-6-9-4-2-1-3-5-10(9)19-11/h6,17H,1-5,7-8H2,(H,16,18). The maximum Gasteiger partial charge on any atom is 0.287 e. The van der Waals surface area contributed by atoms with Crippen LogP contribution in [0.5, 0.6) is 0 Å². The fourth-order valence-corrected chi connectivity index (χ4v) is 3.30. The smallest absolute Gasteiger partial charge is 0.287 e. The molecular weight excluding hydrogens is 272 g/mol. The molecular formula is C13H17F2NO2S. The number of halogens is 2. The van der Waals surface area contributed by atoms with Gasteiger partial charge < -0.3 is 10.4 Å². The Balaban J connectivity index is 2.00. The van der Waals surface area contributed by atoms with Crippen LogP contribution >= 0.6 is 11.3 Å². The van der Waals surface area contributed by atoms with Crippen molar-refractivity contribution in [2.45, 2.75) is 38.0 Å². The summed E-state index contributed by atoms with van der Waals surface area (Å²) in [4.78, 5) is 13.5. The summed E-state index contributed by atoms with van der Waals surface area (Å²) in [7, 11) is 0. The second kappa shape index (κ2) is 5.96. The average Bonchev–Trinajstić information content (AvgIpc) is 2.68. The predicted molar refractivity (Wildman–Crippen MR) is 69.9 cm³/mol. The van der Waals surface area contributed by atoms with Gasteiger partial charge in [0, 0.05) is 4.88 Å². The van der Waals surface area contributed by atoms with Crippen molar-refractivity contribution in [1.82, 2.24) is 5.32 Å². The molecule has 0 saturated carbocycles. The van der Waals surface area contributed by atoms with Crippen LogP contribution in [0.1, 0.15) is 39.4 Å². The second-order valence-electron chi connectivity index (χ2n) is 4.82. The topological polar surface area (TPSA) is 49.3 Å². The number of carbonyl (C=O) groups excluding carboxylic acids is 1. The minimum absolute atomic E-state index is 0.480. The molecule has 0 aliphatic heterocycles. The van der Waals surface area contributed by atoms with E-state index in [9.17, 15) is 13.6 Å². The molecule has 1 aliphatic carbocycles. The van der Waals surface area contributed by atoms with E-state index in [2.05, 4.69) is 5.32 Å². The van der Waals surface area contributed by atoms with Gasteiger partial charge in [-0.05, 0) is 37.3 Å². The SMILES string of the molecule is O=C(NCC(F)(F)CO)c1cc2c(s1)CCCCC2. The van der Waals surface area contributed by atoms with Gasteiger partial charge in [0.25, 0.3) is 11.8 Å². The first-order valence-electron chi connectivity index (χ1n) is 6.40. The highest BCUT2D eigenvalue weighted by Crippen LogP contribution is 2.29. The van der Waals surface area contributed by atoms with Crippen molar-refractivity contribution in [1.29, 1.82) is 0 Å². The van der Waals surface area contributed by atoms with Gasteiger partial charge in [-0.1, -0.05) is 6.42 Å². The number of alkyl halides is 2. The number of aliphatic hydroxyl groups excluding tert-OH is 1. The minimum Gasteiger partial charge on any atom is -0.390 e. The molecule has 1 aliphatic rings. The van der Waals surface area contributed by atoms with Crippen molar-refractivity contribution < 1.29 is 18.7 Å². The summed E-state index contributed by atoms with van der Waals surface area (Å²) >= 11 is 1.40. The molecule has 0 fully saturated rings. The van der Waals surface area contributed by atoms with E-state index >= 15 is 0 Å². The third-order valence-corrected chi connectivity index (χ3v) is 4.45. The van der Waals surface area contributed by atoms with Gasteiger partial charge in [0.1, 0.15) is 6.61 Å². The molecule has 0 radical (unpaired) electrons. The van der Waals surface area contributed by atoms with Gasteiger partial charge in [0.2, 0.25) is 0 Å². The lowest BCUT2D eigenvalue weighted by molar-refractivity contribution is -0.0461. The summed E-state index contributed by atoms with van der Waals surface area (Å²) in [6, 6.07) is 1.82. The Morgan fingerprint density at radius 3 is 2.84 bits per heavy atom. The number of thiophene rings is 1. The lowest BCUT2D eigenvalue weighted by atomic mass is 10.1. The normalized spacial score (nSPS) is 15.7. The zero-order valence-electron chi connectivity index (χ0n) is 10.5. The number of hydrogen-bond acceptors (Lipinski definition) is 3. The number of amides is 1. The Hall–Kier alpha value is -1.01. The van der Waals surface area contributed by atoms with E-state index in [4.69, 9.17) is 5.11 Å². The fourth-order valence-electron chi connectivity index (χ4n) is 2.13. The van der Waals surface area contributed by atoms with E-state index in [0.717, 1.165) is 25.7 Å². The number of hydrogen-bond donors (Lipinski definition) is 2. The highest BCUT2D eigenvalue weighted by Gasteiger charge is 2.28. The average molecular weight is 289 g/mol. The molecule has 1 aromatic heterocycles. The van der Waals surface area contributed by atoms with Crippen LogP contribution in [0.2, 0.25) is 0 Å². The Bertz CT molecular complexity index is 436. The molecule has 19 heavy (non-hydrogen) atoms. The molecule has 0 saturated heterocycles. The summed E-state index contributed by atoms with van der Waals surface area (Å²) < 4.78 is 25.7. The molecule has 1 heterocycles. The maximum atomic E-state index is 12.8. The van der Waals surface area contributed by atoms with Crippen molar-refractivity contribution >= 4 is 17.2 Å². The van der Waals surface area contributed by atoms with Gasteiger partial charge in [-0.25, -0.2) is 8.78 Å². The van der Waals surface area contributed by atoms with E-state index in [-0.39, 0.29) is 0 Å². The van der Waals surface area contributed by atoms with Crippen molar-refractivity contribution in [3.63, 3.8) is 0 Å². The molecule has 0 aromatic carbocycles. The zero-order chi connectivity index (χ0) is 13.9. The number of nitrogens with one attached hydrogen (secondary N) is 1. The van der Waals surface area contributed by atoms with Crippen LogP contribution in [0.4, 0.5) is 8.78 Å². The molecule has 0 atom stereocenters. The summed E-state index contributed by atoms with van der Waals surface area (Å²) in [5.74, 6) is -3.74. The summed E-state index contributed by atoms with van der Waals surface area (Å²) in [5, 5.41) is 10.6. The Morgan fingerprint density at radius 1 is 1.37 bits per heavy atom. The van der Waals surface area contributed by atoms with Crippen LogP contribution in [0.15, 0.2) is 6.07 Å². The van der Waals surface area contributed by atoms with Crippen LogP contribution in [0.3, 0.4) is 0 Å². The number of carbonyl (C=O) groups is 1. The van der Waals surface area contributed by atoms with Gasteiger partial charge in [-0.15, -0.1) is 11.3 Å². The van der Waals surface area contributed by atoms with Gasteiger partial charge in [0.05, 0.1) is 11.4 Å². The lowest BCUT2D eigenvalue weighted by Gasteiger charge is -2.13. The zero-order valence-corrected chi connectivity index (χ0v) is 11.4. The van der Waals surface area contributed by atoms with Gasteiger partial charge in [0.15, 0.2) is 0 Å². The molecule has 2 N–H and O–H groups in total. The first-order valence-corrected chi connectivity index (χ1v) is 7.22. The maximum absolute atomic E-state index is 12.8. The predicted octanol–water partition coefficient (Wildman–Crippen LogP) is 2.37. The third kappa shape index (κ3) is 3.73. The van der Waals surface area contributed by atoms with Crippen LogP contribution in [0.25, 0.3) is 0 Å². The van der Waals surface area contributed by atoms with E-state index in [1.807, 2.05) is 6.07 Å². The first kappa shape index (κ1) is 14.4. The molecule has 6 heteroatoms. The quantitative estimate of drug-likeness (QED) is 0.836. The monoisotopic (exact) mass is 289 g/mol. The highest BCUT2D eigenvalue weighted by atomic mass is 32.1. The fraction of sp³-hybridized carbons (Fsp3) is 0.615. The summed E-state index contributed by atoms with van der Waals surface area (Å²) in [6.45, 7) is -2.08. The summed E-state index contributed by atoms with van der Waals surface area (Å²) in [5.41, 5.74) is 1.18. The van der Waals surface area contributed by atoms with Crippen molar-refractivity contribution in [3.8, 4) is 0 Å². The Morgan fingerprint density at radius 2 is 2.11 bits per heavy atom. The van der Waals surface area contributed by atoms with Crippen molar-refractivity contribution in [2.75, 3.05) is 13.2 Å². The van der Waals surface area contributed by atoms with Crippen LogP contribution in [-0.2, 0) is 12.8 Å². The first-order chi connectivity index (χ1) is 9.02. The van der Waals surface area contributed by atoms with Crippen molar-refractivity contribution in [2.24, 2.45) is 0 Å². The van der Waals surface area contributed by atoms with Gasteiger partial charge >= 0.3 is 0 Å². The molecule has 0 bridgehead atoms. The molecule has 1 aromatic rings. The van der Waals surface area contributed by atoms with E-state index < -0.39 is 25.0 Å². The van der Waals surface area contributed by atoms with E-state index in [0.29, 0.717) is 4.88 Å². The number of aliphatic hydroxyl groups is 1. The lowest BCUT2D eigenvalue weighted by Crippen LogP contribution is -2.38. The molecule has 1 amide bonds. The third-order valence-electron chi connectivity index (χ3n) is 3.21. The molecule has 3 nitrogen and oxygen atoms in total. The molecule has 0 unspecified atom stereocenters. The Labute approximate surface area is 114 Å². The number of rotatable bonds is 4. The van der Waals surface area contributed by atoms with Crippen LogP contribution in [0, 0.1) is 0 Å². The highest BCUT2D eigenvalue weighted by molar-refractivity contribution is 7.14. The van der Waals surface area contributed by atoms with E-state index in [1.165, 1.54) is 28.2 Å². The number of aryl methyl sites for hydroxylation is 2. The summed E-state index contributed by atoms with van der Waals surface area (Å²) in [6.07, 6.45) is 5.38. The molecule has 106 valence electrons. The van der Waals surface area contributed by atoms with Gasteiger partial charge in [-0.2, -0.15) is 0 Å². The van der Waals surface area contributed by atoms with E-state index in [1.54, 1.807) is 0 Å². The number of fused-ring (bicyclic) bond motifs is 1. The Kier molecular flexibility index (Phi) is 4.52. The molecule has 0 spiro atoms. The van der Waals surface area contributed by atoms with Crippen LogP contribution in [-0.4, -0.2) is 30.1 Å².